The zero-order valence-corrected chi connectivity index (χ0v) is 13.8. The zero-order valence-electron chi connectivity index (χ0n) is 13.8. The molecule has 0 bridgehead atoms. The monoisotopic (exact) mass is 328 g/mol. The Hall–Kier alpha value is -2.43. The Bertz CT molecular complexity index is 716. The van der Waals surface area contributed by atoms with Crippen molar-refractivity contribution >= 4 is 5.91 Å². The molecular formula is C19H21FN2O2. The zero-order chi connectivity index (χ0) is 17.1. The Labute approximate surface area is 141 Å². The fourth-order valence-electron chi connectivity index (χ4n) is 2.76. The van der Waals surface area contributed by atoms with Crippen LogP contribution in [0.4, 0.5) is 4.39 Å². The highest BCUT2D eigenvalue weighted by Gasteiger charge is 2.43. The smallest absolute Gasteiger partial charge is 0.224 e. The van der Waals surface area contributed by atoms with Crippen molar-refractivity contribution in [1.29, 1.82) is 0 Å². The maximum atomic E-state index is 13.0. The lowest BCUT2D eigenvalue weighted by atomic mass is 10.1. The van der Waals surface area contributed by atoms with Crippen LogP contribution < -0.4 is 10.1 Å². The number of carbonyl (C=O) groups is 1. The molecule has 0 radical (unpaired) electrons. The number of ether oxygens (including phenoxy) is 1. The van der Waals surface area contributed by atoms with Crippen LogP contribution in [0, 0.1) is 11.7 Å². The molecule has 0 aliphatic heterocycles. The van der Waals surface area contributed by atoms with Crippen molar-refractivity contribution in [3.05, 3.63) is 59.5 Å². The van der Waals surface area contributed by atoms with Crippen molar-refractivity contribution in [3.8, 4) is 5.88 Å². The van der Waals surface area contributed by atoms with Gasteiger partial charge in [-0.3, -0.25) is 4.79 Å². The fraction of sp³-hybridized carbons (Fsp3) is 0.368. The molecule has 0 spiro atoms. The molecule has 1 aromatic carbocycles. The van der Waals surface area contributed by atoms with Crippen LogP contribution in [0.1, 0.15) is 37.3 Å². The maximum absolute atomic E-state index is 13.0. The molecule has 1 aromatic heterocycles. The Morgan fingerprint density at radius 3 is 2.79 bits per heavy atom. The first-order valence-electron chi connectivity index (χ1n) is 8.18. The van der Waals surface area contributed by atoms with E-state index in [0.717, 1.165) is 17.5 Å². The highest BCUT2D eigenvalue weighted by atomic mass is 19.1. The number of aromatic nitrogens is 1. The summed E-state index contributed by atoms with van der Waals surface area (Å²) in [6.07, 6.45) is 2.51. The third-order valence-electron chi connectivity index (χ3n) is 4.08. The number of halogens is 1. The molecule has 1 fully saturated rings. The van der Waals surface area contributed by atoms with E-state index in [1.807, 2.05) is 26.0 Å². The van der Waals surface area contributed by atoms with E-state index in [4.69, 9.17) is 4.74 Å². The van der Waals surface area contributed by atoms with E-state index in [2.05, 4.69) is 10.3 Å². The van der Waals surface area contributed by atoms with Gasteiger partial charge in [-0.05, 0) is 49.9 Å². The number of pyridine rings is 1. The van der Waals surface area contributed by atoms with Crippen LogP contribution in [0.2, 0.25) is 0 Å². The summed E-state index contributed by atoms with van der Waals surface area (Å²) in [5.74, 6) is 0.463. The third-order valence-corrected chi connectivity index (χ3v) is 4.08. The normalized spacial score (nSPS) is 19.2. The second kappa shape index (κ2) is 6.99. The number of hydrogen-bond donors (Lipinski definition) is 1. The molecule has 1 saturated carbocycles. The molecule has 1 amide bonds. The minimum absolute atomic E-state index is 0.0173. The summed E-state index contributed by atoms with van der Waals surface area (Å²) in [7, 11) is 0. The van der Waals surface area contributed by atoms with E-state index < -0.39 is 0 Å². The fourth-order valence-corrected chi connectivity index (χ4v) is 2.76. The SMILES string of the molecule is CC(C)Oc1ncccc1CNC(=O)[C@@H]1C[C@H]1c1ccc(F)cc1. The highest BCUT2D eigenvalue weighted by molar-refractivity contribution is 5.82. The lowest BCUT2D eigenvalue weighted by molar-refractivity contribution is -0.122. The molecule has 1 aliphatic carbocycles. The van der Waals surface area contributed by atoms with Gasteiger partial charge in [0, 0.05) is 24.2 Å². The van der Waals surface area contributed by atoms with E-state index in [9.17, 15) is 9.18 Å². The molecule has 4 nitrogen and oxygen atoms in total. The predicted molar refractivity (Wildman–Crippen MR) is 89.1 cm³/mol. The van der Waals surface area contributed by atoms with Crippen molar-refractivity contribution < 1.29 is 13.9 Å². The molecule has 5 heteroatoms. The van der Waals surface area contributed by atoms with Crippen molar-refractivity contribution in [2.45, 2.75) is 38.8 Å². The molecule has 3 rings (SSSR count). The predicted octanol–water partition coefficient (Wildman–Crippen LogP) is 3.43. The second-order valence-electron chi connectivity index (χ2n) is 6.35. The van der Waals surface area contributed by atoms with Crippen LogP contribution in [-0.2, 0) is 11.3 Å². The highest BCUT2D eigenvalue weighted by Crippen LogP contribution is 2.47. The van der Waals surface area contributed by atoms with Crippen molar-refractivity contribution in [3.63, 3.8) is 0 Å². The van der Waals surface area contributed by atoms with Crippen molar-refractivity contribution in [2.24, 2.45) is 5.92 Å². The van der Waals surface area contributed by atoms with Crippen LogP contribution in [0.3, 0.4) is 0 Å². The van der Waals surface area contributed by atoms with Gasteiger partial charge in [0.2, 0.25) is 11.8 Å². The molecule has 1 heterocycles. The van der Waals surface area contributed by atoms with Crippen LogP contribution in [0.25, 0.3) is 0 Å². The second-order valence-corrected chi connectivity index (χ2v) is 6.35. The number of benzene rings is 1. The summed E-state index contributed by atoms with van der Waals surface area (Å²) in [5, 5.41) is 2.95. The van der Waals surface area contributed by atoms with Gasteiger partial charge in [0.15, 0.2) is 0 Å². The van der Waals surface area contributed by atoms with Gasteiger partial charge in [-0.25, -0.2) is 9.37 Å². The average Bonchev–Trinajstić information content (AvgIpc) is 3.34. The average molecular weight is 328 g/mol. The number of nitrogens with one attached hydrogen (secondary N) is 1. The quantitative estimate of drug-likeness (QED) is 0.884. The summed E-state index contributed by atoms with van der Waals surface area (Å²) in [6.45, 7) is 4.27. The van der Waals surface area contributed by atoms with Gasteiger partial charge in [-0.15, -0.1) is 0 Å². The largest absolute Gasteiger partial charge is 0.475 e. The molecular weight excluding hydrogens is 307 g/mol. The summed E-state index contributed by atoms with van der Waals surface area (Å²) < 4.78 is 18.6. The number of amides is 1. The Balaban J connectivity index is 1.56. The van der Waals surface area contributed by atoms with E-state index in [1.165, 1.54) is 12.1 Å². The Morgan fingerprint density at radius 2 is 2.08 bits per heavy atom. The van der Waals surface area contributed by atoms with E-state index in [1.54, 1.807) is 18.3 Å². The van der Waals surface area contributed by atoms with Crippen molar-refractivity contribution in [2.75, 3.05) is 0 Å². The number of rotatable bonds is 6. The first-order valence-corrected chi connectivity index (χ1v) is 8.18. The molecule has 1 N–H and O–H groups in total. The van der Waals surface area contributed by atoms with Gasteiger partial charge >= 0.3 is 0 Å². The van der Waals surface area contributed by atoms with Gasteiger partial charge in [0.25, 0.3) is 0 Å². The molecule has 2 aromatic rings. The minimum Gasteiger partial charge on any atom is -0.475 e. The molecule has 0 unspecified atom stereocenters. The lowest BCUT2D eigenvalue weighted by Gasteiger charge is -2.13. The molecule has 2 atom stereocenters. The topological polar surface area (TPSA) is 51.2 Å². The third kappa shape index (κ3) is 3.91. The van der Waals surface area contributed by atoms with E-state index in [0.29, 0.717) is 12.4 Å². The van der Waals surface area contributed by atoms with Crippen LogP contribution in [0.5, 0.6) is 5.88 Å². The Kier molecular flexibility index (Phi) is 4.79. The van der Waals surface area contributed by atoms with Gasteiger partial charge in [-0.2, -0.15) is 0 Å². The number of carbonyl (C=O) groups excluding carboxylic acids is 1. The summed E-state index contributed by atoms with van der Waals surface area (Å²) in [5.41, 5.74) is 1.88. The summed E-state index contributed by atoms with van der Waals surface area (Å²) in [4.78, 5) is 16.5. The van der Waals surface area contributed by atoms with Gasteiger partial charge in [0.1, 0.15) is 5.82 Å². The van der Waals surface area contributed by atoms with Gasteiger partial charge in [-0.1, -0.05) is 18.2 Å². The molecule has 0 saturated heterocycles. The van der Waals surface area contributed by atoms with Gasteiger partial charge < -0.3 is 10.1 Å². The van der Waals surface area contributed by atoms with Crippen LogP contribution in [-0.4, -0.2) is 17.0 Å². The summed E-state index contributed by atoms with van der Waals surface area (Å²) in [6, 6.07) is 10.1. The van der Waals surface area contributed by atoms with Crippen LogP contribution in [0.15, 0.2) is 42.6 Å². The van der Waals surface area contributed by atoms with Gasteiger partial charge in [0.05, 0.1) is 6.10 Å². The van der Waals surface area contributed by atoms with Crippen LogP contribution >= 0.6 is 0 Å². The first kappa shape index (κ1) is 16.4. The number of hydrogen-bond acceptors (Lipinski definition) is 3. The number of nitrogens with zero attached hydrogens (tertiary/aromatic N) is 1. The van der Waals surface area contributed by atoms with E-state index in [-0.39, 0.29) is 29.7 Å². The Morgan fingerprint density at radius 1 is 1.33 bits per heavy atom. The first-order chi connectivity index (χ1) is 11.5. The van der Waals surface area contributed by atoms with E-state index >= 15 is 0 Å². The lowest BCUT2D eigenvalue weighted by Crippen LogP contribution is -2.25. The minimum atomic E-state index is -0.255. The molecule has 1 aliphatic rings. The summed E-state index contributed by atoms with van der Waals surface area (Å²) >= 11 is 0. The molecule has 24 heavy (non-hydrogen) atoms. The maximum Gasteiger partial charge on any atom is 0.224 e. The van der Waals surface area contributed by atoms with Crippen molar-refractivity contribution in [1.82, 2.24) is 10.3 Å². The molecule has 126 valence electrons. The standard InChI is InChI=1S/C19H21FN2O2/c1-12(2)24-19-14(4-3-9-21-19)11-22-18(23)17-10-16(17)13-5-7-15(20)8-6-13/h3-9,12,16-17H,10-11H2,1-2H3,(H,22,23)/t16-,17+/m0/s1.